The lowest BCUT2D eigenvalue weighted by molar-refractivity contribution is 0.0628. The molecule has 2 aromatic rings. The molecule has 0 spiro atoms. The zero-order chi connectivity index (χ0) is 17.8. The third-order valence-corrected chi connectivity index (χ3v) is 4.81. The van der Waals surface area contributed by atoms with Gasteiger partial charge < -0.3 is 10.0 Å². The fraction of sp³-hybridized carbons (Fsp3) is 0.381. The van der Waals surface area contributed by atoms with Crippen molar-refractivity contribution in [1.29, 1.82) is 0 Å². The lowest BCUT2D eigenvalue weighted by Gasteiger charge is -2.34. The Morgan fingerprint density at radius 1 is 1.04 bits per heavy atom. The number of carbonyl (C=O) groups is 1. The number of hydrogen-bond donors (Lipinski definition) is 1. The van der Waals surface area contributed by atoms with Crippen molar-refractivity contribution in [2.24, 2.45) is 0 Å². The van der Waals surface area contributed by atoms with E-state index in [4.69, 9.17) is 0 Å². The number of rotatable bonds is 4. The summed E-state index contributed by atoms with van der Waals surface area (Å²) in [6.07, 6.45) is 0. The second-order valence-electron chi connectivity index (χ2n) is 7.01. The minimum absolute atomic E-state index is 0.00293. The molecule has 1 amide bonds. The van der Waals surface area contributed by atoms with E-state index in [1.165, 1.54) is 17.2 Å². The highest BCUT2D eigenvalue weighted by Gasteiger charge is 2.22. The molecule has 0 radical (unpaired) electrons. The summed E-state index contributed by atoms with van der Waals surface area (Å²) >= 11 is 0. The summed E-state index contributed by atoms with van der Waals surface area (Å²) in [5.74, 6) is 0.687. The predicted molar refractivity (Wildman–Crippen MR) is 99.8 cm³/mol. The van der Waals surface area contributed by atoms with Crippen molar-refractivity contribution >= 4 is 5.91 Å². The molecule has 1 aliphatic rings. The SMILES string of the molecule is CC(C)c1ccc(CN2CCN(C(=O)c3cccc(O)c3)CC2)cc1. The van der Waals surface area contributed by atoms with Crippen LogP contribution in [0.3, 0.4) is 0 Å². The first kappa shape index (κ1) is 17.5. The summed E-state index contributed by atoms with van der Waals surface area (Å²) in [6.45, 7) is 8.52. The molecule has 0 aliphatic carbocycles. The molecule has 1 fully saturated rings. The summed E-state index contributed by atoms with van der Waals surface area (Å²) in [6, 6.07) is 15.4. The van der Waals surface area contributed by atoms with Gasteiger partial charge in [0.25, 0.3) is 5.91 Å². The number of nitrogens with zero attached hydrogens (tertiary/aromatic N) is 2. The highest BCUT2D eigenvalue weighted by atomic mass is 16.3. The number of carbonyl (C=O) groups excluding carboxylic acids is 1. The lowest BCUT2D eigenvalue weighted by atomic mass is 10.0. The molecular formula is C21H26N2O2. The topological polar surface area (TPSA) is 43.8 Å². The van der Waals surface area contributed by atoms with Crippen LogP contribution in [0.15, 0.2) is 48.5 Å². The van der Waals surface area contributed by atoms with Crippen molar-refractivity contribution in [3.05, 3.63) is 65.2 Å². The van der Waals surface area contributed by atoms with Gasteiger partial charge in [-0.05, 0) is 35.2 Å². The van der Waals surface area contributed by atoms with Gasteiger partial charge in [0.2, 0.25) is 0 Å². The Balaban J connectivity index is 1.54. The Morgan fingerprint density at radius 2 is 1.72 bits per heavy atom. The fourth-order valence-electron chi connectivity index (χ4n) is 3.20. The van der Waals surface area contributed by atoms with Crippen LogP contribution in [0.2, 0.25) is 0 Å². The van der Waals surface area contributed by atoms with Crippen LogP contribution in [-0.2, 0) is 6.54 Å². The van der Waals surface area contributed by atoms with Crippen molar-refractivity contribution in [3.63, 3.8) is 0 Å². The van der Waals surface area contributed by atoms with Crippen LogP contribution in [0.5, 0.6) is 5.75 Å². The maximum Gasteiger partial charge on any atom is 0.254 e. The van der Waals surface area contributed by atoms with Gasteiger partial charge >= 0.3 is 0 Å². The van der Waals surface area contributed by atoms with Gasteiger partial charge in [0, 0.05) is 38.3 Å². The predicted octanol–water partition coefficient (Wildman–Crippen LogP) is 3.47. The highest BCUT2D eigenvalue weighted by Crippen LogP contribution is 2.17. The molecule has 2 aromatic carbocycles. The molecule has 1 saturated heterocycles. The number of aromatic hydroxyl groups is 1. The minimum Gasteiger partial charge on any atom is -0.508 e. The molecule has 0 aromatic heterocycles. The van der Waals surface area contributed by atoms with E-state index < -0.39 is 0 Å². The van der Waals surface area contributed by atoms with Crippen LogP contribution in [0.25, 0.3) is 0 Å². The molecule has 0 bridgehead atoms. The maximum absolute atomic E-state index is 12.5. The first-order chi connectivity index (χ1) is 12.0. The zero-order valence-corrected chi connectivity index (χ0v) is 15.0. The summed E-state index contributed by atoms with van der Waals surface area (Å²) < 4.78 is 0. The third kappa shape index (κ3) is 4.40. The van der Waals surface area contributed by atoms with E-state index in [1.807, 2.05) is 4.90 Å². The molecule has 132 valence electrons. The van der Waals surface area contributed by atoms with Crippen LogP contribution < -0.4 is 0 Å². The first-order valence-electron chi connectivity index (χ1n) is 8.92. The highest BCUT2D eigenvalue weighted by molar-refractivity contribution is 5.94. The van der Waals surface area contributed by atoms with E-state index >= 15 is 0 Å². The maximum atomic E-state index is 12.5. The number of amides is 1. The second kappa shape index (κ2) is 7.70. The van der Waals surface area contributed by atoms with Gasteiger partial charge in [-0.3, -0.25) is 9.69 Å². The van der Waals surface area contributed by atoms with Gasteiger partial charge in [0.05, 0.1) is 0 Å². The summed E-state index contributed by atoms with van der Waals surface area (Å²) in [5.41, 5.74) is 3.24. The van der Waals surface area contributed by atoms with E-state index in [1.54, 1.807) is 18.2 Å². The van der Waals surface area contributed by atoms with Crippen molar-refractivity contribution in [1.82, 2.24) is 9.80 Å². The van der Waals surface area contributed by atoms with Crippen molar-refractivity contribution in [2.75, 3.05) is 26.2 Å². The second-order valence-corrected chi connectivity index (χ2v) is 7.01. The molecule has 0 atom stereocenters. The summed E-state index contributed by atoms with van der Waals surface area (Å²) in [7, 11) is 0. The largest absolute Gasteiger partial charge is 0.508 e. The van der Waals surface area contributed by atoms with Crippen LogP contribution in [0.1, 0.15) is 41.3 Å². The molecule has 0 saturated carbocycles. The monoisotopic (exact) mass is 338 g/mol. The molecule has 4 heteroatoms. The first-order valence-corrected chi connectivity index (χ1v) is 8.92. The molecule has 3 rings (SSSR count). The lowest BCUT2D eigenvalue weighted by Crippen LogP contribution is -2.48. The fourth-order valence-corrected chi connectivity index (χ4v) is 3.20. The Kier molecular flexibility index (Phi) is 5.39. The smallest absolute Gasteiger partial charge is 0.254 e. The Bertz CT molecular complexity index is 717. The molecule has 1 heterocycles. The van der Waals surface area contributed by atoms with Gasteiger partial charge in [0.15, 0.2) is 0 Å². The quantitative estimate of drug-likeness (QED) is 0.928. The van der Waals surface area contributed by atoms with Gasteiger partial charge in [-0.1, -0.05) is 44.2 Å². The van der Waals surface area contributed by atoms with E-state index in [-0.39, 0.29) is 11.7 Å². The Morgan fingerprint density at radius 3 is 2.32 bits per heavy atom. The average Bonchev–Trinajstić information content (AvgIpc) is 2.62. The average molecular weight is 338 g/mol. The van der Waals surface area contributed by atoms with E-state index in [0.29, 0.717) is 11.5 Å². The standard InChI is InChI=1S/C21H26N2O2/c1-16(2)18-8-6-17(7-9-18)15-22-10-12-23(13-11-22)21(25)19-4-3-5-20(24)14-19/h3-9,14,16,24H,10-13,15H2,1-2H3. The van der Waals surface area contributed by atoms with Gasteiger partial charge in [0.1, 0.15) is 5.75 Å². The minimum atomic E-state index is -0.00293. The van der Waals surface area contributed by atoms with Gasteiger partial charge in [-0.2, -0.15) is 0 Å². The van der Waals surface area contributed by atoms with E-state index in [0.717, 1.165) is 32.7 Å². The number of phenols is 1. The van der Waals surface area contributed by atoms with Crippen LogP contribution in [0, 0.1) is 0 Å². The molecular weight excluding hydrogens is 312 g/mol. The number of benzene rings is 2. The van der Waals surface area contributed by atoms with Crippen molar-refractivity contribution < 1.29 is 9.90 Å². The van der Waals surface area contributed by atoms with Crippen LogP contribution in [-0.4, -0.2) is 47.0 Å². The Labute approximate surface area is 149 Å². The molecule has 25 heavy (non-hydrogen) atoms. The summed E-state index contributed by atoms with van der Waals surface area (Å²) in [4.78, 5) is 16.8. The van der Waals surface area contributed by atoms with Crippen LogP contribution in [0.4, 0.5) is 0 Å². The summed E-state index contributed by atoms with van der Waals surface area (Å²) in [5, 5.41) is 9.54. The molecule has 1 N–H and O–H groups in total. The normalized spacial score (nSPS) is 15.6. The van der Waals surface area contributed by atoms with E-state index in [9.17, 15) is 9.90 Å². The Hall–Kier alpha value is -2.33. The molecule has 4 nitrogen and oxygen atoms in total. The number of hydrogen-bond acceptors (Lipinski definition) is 3. The number of phenolic OH excluding ortho intramolecular Hbond substituents is 1. The molecule has 1 aliphatic heterocycles. The van der Waals surface area contributed by atoms with Gasteiger partial charge in [-0.25, -0.2) is 0 Å². The number of piperazine rings is 1. The third-order valence-electron chi connectivity index (χ3n) is 4.81. The van der Waals surface area contributed by atoms with Gasteiger partial charge in [-0.15, -0.1) is 0 Å². The van der Waals surface area contributed by atoms with E-state index in [2.05, 4.69) is 43.0 Å². The molecule has 0 unspecified atom stereocenters. The zero-order valence-electron chi connectivity index (χ0n) is 15.0. The van der Waals surface area contributed by atoms with Crippen molar-refractivity contribution in [2.45, 2.75) is 26.3 Å². The van der Waals surface area contributed by atoms with Crippen LogP contribution >= 0.6 is 0 Å². The van der Waals surface area contributed by atoms with Crippen molar-refractivity contribution in [3.8, 4) is 5.75 Å².